The number of halogens is 3. The van der Waals surface area contributed by atoms with Gasteiger partial charge in [0.1, 0.15) is 5.82 Å². The number of unbranched alkanes of at least 4 members (excludes halogenated alkanes) is 10. The smallest absolute Gasteiger partial charge is 0.166 e. The van der Waals surface area contributed by atoms with Gasteiger partial charge < -0.3 is 0 Å². The zero-order valence-electron chi connectivity index (χ0n) is 26.5. The molecule has 0 heterocycles. The fourth-order valence-corrected chi connectivity index (χ4v) is 6.51. The third kappa shape index (κ3) is 9.59. The molecule has 3 aromatic carbocycles. The Morgan fingerprint density at radius 3 is 1.81 bits per heavy atom. The molecule has 0 aromatic heterocycles. The summed E-state index contributed by atoms with van der Waals surface area (Å²) in [5.41, 5.74) is 4.74. The van der Waals surface area contributed by atoms with Crippen LogP contribution in [0.5, 0.6) is 0 Å². The van der Waals surface area contributed by atoms with Gasteiger partial charge >= 0.3 is 0 Å². The molecule has 43 heavy (non-hydrogen) atoms. The molecule has 0 fully saturated rings. The van der Waals surface area contributed by atoms with Crippen molar-refractivity contribution in [1.29, 1.82) is 0 Å². The fourth-order valence-electron chi connectivity index (χ4n) is 6.51. The zero-order chi connectivity index (χ0) is 30.4. The van der Waals surface area contributed by atoms with Gasteiger partial charge in [0.2, 0.25) is 0 Å². The van der Waals surface area contributed by atoms with Gasteiger partial charge in [-0.05, 0) is 71.9 Å². The molecule has 1 aliphatic rings. The van der Waals surface area contributed by atoms with Crippen LogP contribution in [0.4, 0.5) is 13.2 Å². The first-order chi connectivity index (χ1) is 21.0. The quantitative estimate of drug-likeness (QED) is 0.138. The van der Waals surface area contributed by atoms with Crippen LogP contribution in [0, 0.1) is 23.4 Å². The second kappa shape index (κ2) is 17.5. The monoisotopic (exact) mass is 588 g/mol. The van der Waals surface area contributed by atoms with E-state index in [9.17, 15) is 4.39 Å². The number of benzene rings is 3. The molecule has 0 amide bonds. The lowest BCUT2D eigenvalue weighted by atomic mass is 9.83. The van der Waals surface area contributed by atoms with Crippen LogP contribution in [0.25, 0.3) is 27.8 Å². The van der Waals surface area contributed by atoms with Crippen molar-refractivity contribution >= 4 is 5.57 Å². The average molecular weight is 589 g/mol. The van der Waals surface area contributed by atoms with Gasteiger partial charge in [0.05, 0.1) is 0 Å². The average Bonchev–Trinajstić information content (AvgIpc) is 3.03. The zero-order valence-corrected chi connectivity index (χ0v) is 26.5. The fraction of sp³-hybridized carbons (Fsp3) is 0.500. The lowest BCUT2D eigenvalue weighted by Gasteiger charge is -2.22. The van der Waals surface area contributed by atoms with Crippen LogP contribution < -0.4 is 0 Å². The van der Waals surface area contributed by atoms with Crippen molar-refractivity contribution in [3.05, 3.63) is 89.3 Å². The lowest BCUT2D eigenvalue weighted by molar-refractivity contribution is 0.423. The van der Waals surface area contributed by atoms with Gasteiger partial charge in [-0.3, -0.25) is 0 Å². The summed E-state index contributed by atoms with van der Waals surface area (Å²) < 4.78 is 45.2. The van der Waals surface area contributed by atoms with Gasteiger partial charge in [-0.15, -0.1) is 0 Å². The molecule has 0 bridgehead atoms. The highest BCUT2D eigenvalue weighted by molar-refractivity contribution is 5.74. The number of rotatable bonds is 17. The second-order valence-electron chi connectivity index (χ2n) is 12.6. The molecule has 1 atom stereocenters. The molecule has 3 heteroatoms. The van der Waals surface area contributed by atoms with Crippen molar-refractivity contribution in [2.75, 3.05) is 0 Å². The van der Waals surface area contributed by atoms with Gasteiger partial charge in [-0.1, -0.05) is 146 Å². The summed E-state index contributed by atoms with van der Waals surface area (Å²) in [5, 5.41) is 0. The number of hydrogen-bond acceptors (Lipinski definition) is 0. The maximum absolute atomic E-state index is 15.3. The summed E-state index contributed by atoms with van der Waals surface area (Å²) in [6, 6.07) is 16.0. The first-order valence-electron chi connectivity index (χ1n) is 17.1. The van der Waals surface area contributed by atoms with Crippen molar-refractivity contribution in [3.8, 4) is 22.3 Å². The topological polar surface area (TPSA) is 0 Å². The highest BCUT2D eigenvalue weighted by atomic mass is 19.2. The Morgan fingerprint density at radius 2 is 1.19 bits per heavy atom. The standard InChI is InChI=1S/C40H51F3/c1-3-5-7-9-10-12-14-16-34-25-28-37(40(43)39(34)42)33-23-21-32(22-24-33)36-27-26-35(29-38(36)41)31-19-17-30(18-20-31)15-13-11-8-6-4-2/h19,21-30H,3-18,20H2,1-2H3. The largest absolute Gasteiger partial charge is 0.206 e. The predicted octanol–water partition coefficient (Wildman–Crippen LogP) is 13.3. The number of allylic oxidation sites excluding steroid dienone is 2. The summed E-state index contributed by atoms with van der Waals surface area (Å²) in [4.78, 5) is 0. The van der Waals surface area contributed by atoms with Crippen molar-refractivity contribution in [1.82, 2.24) is 0 Å². The SMILES string of the molecule is CCCCCCCCCc1ccc(-c2ccc(-c3ccc(C4=CCC(CCCCCCC)CC4)cc3F)cc2)c(F)c1F. The van der Waals surface area contributed by atoms with E-state index in [0.29, 0.717) is 23.1 Å². The molecule has 0 aliphatic heterocycles. The highest BCUT2D eigenvalue weighted by Gasteiger charge is 2.18. The van der Waals surface area contributed by atoms with E-state index in [0.717, 1.165) is 49.1 Å². The van der Waals surface area contributed by atoms with E-state index in [1.54, 1.807) is 42.5 Å². The Bertz CT molecular complexity index is 1300. The normalized spacial score (nSPS) is 15.1. The molecule has 1 unspecified atom stereocenters. The van der Waals surface area contributed by atoms with Gasteiger partial charge in [0, 0.05) is 11.1 Å². The highest BCUT2D eigenvalue weighted by Crippen LogP contribution is 2.35. The Hall–Kier alpha value is -2.81. The van der Waals surface area contributed by atoms with Crippen LogP contribution in [0.2, 0.25) is 0 Å². The number of aryl methyl sites for hydroxylation is 1. The van der Waals surface area contributed by atoms with Crippen LogP contribution in [0.15, 0.2) is 60.7 Å². The minimum atomic E-state index is -0.803. The number of hydrogen-bond donors (Lipinski definition) is 0. The van der Waals surface area contributed by atoms with E-state index in [1.807, 2.05) is 12.1 Å². The van der Waals surface area contributed by atoms with Gasteiger partial charge in [-0.25, -0.2) is 13.2 Å². The van der Waals surface area contributed by atoms with Crippen LogP contribution in [0.3, 0.4) is 0 Å². The lowest BCUT2D eigenvalue weighted by Crippen LogP contribution is -2.05. The minimum absolute atomic E-state index is 0.242. The molecule has 0 N–H and O–H groups in total. The Kier molecular flexibility index (Phi) is 13.4. The van der Waals surface area contributed by atoms with Crippen LogP contribution in [-0.2, 0) is 6.42 Å². The molecule has 0 saturated carbocycles. The summed E-state index contributed by atoms with van der Waals surface area (Å²) in [6.07, 6.45) is 22.1. The summed E-state index contributed by atoms with van der Waals surface area (Å²) >= 11 is 0. The molecule has 232 valence electrons. The van der Waals surface area contributed by atoms with E-state index >= 15 is 8.78 Å². The molecular weight excluding hydrogens is 537 g/mol. The molecule has 0 radical (unpaired) electrons. The second-order valence-corrected chi connectivity index (χ2v) is 12.6. The first-order valence-corrected chi connectivity index (χ1v) is 17.1. The van der Waals surface area contributed by atoms with Crippen molar-refractivity contribution < 1.29 is 13.2 Å². The van der Waals surface area contributed by atoms with Gasteiger partial charge in [0.15, 0.2) is 11.6 Å². The molecule has 0 nitrogen and oxygen atoms in total. The van der Waals surface area contributed by atoms with E-state index in [1.165, 1.54) is 76.2 Å². The molecular formula is C40H51F3. The first kappa shape index (κ1) is 33.1. The Morgan fingerprint density at radius 1 is 0.605 bits per heavy atom. The predicted molar refractivity (Wildman–Crippen MR) is 178 cm³/mol. The van der Waals surface area contributed by atoms with Crippen LogP contribution in [-0.4, -0.2) is 0 Å². The van der Waals surface area contributed by atoms with Crippen LogP contribution in [0.1, 0.15) is 128 Å². The van der Waals surface area contributed by atoms with E-state index < -0.39 is 11.6 Å². The summed E-state index contributed by atoms with van der Waals surface area (Å²) in [7, 11) is 0. The van der Waals surface area contributed by atoms with Crippen LogP contribution >= 0.6 is 0 Å². The maximum atomic E-state index is 15.3. The summed E-state index contributed by atoms with van der Waals surface area (Å²) in [6.45, 7) is 4.45. The van der Waals surface area contributed by atoms with E-state index in [4.69, 9.17) is 0 Å². The third-order valence-corrected chi connectivity index (χ3v) is 9.29. The van der Waals surface area contributed by atoms with Gasteiger partial charge in [-0.2, -0.15) is 0 Å². The molecule has 1 aliphatic carbocycles. The van der Waals surface area contributed by atoms with Gasteiger partial charge in [0.25, 0.3) is 0 Å². The van der Waals surface area contributed by atoms with Crippen molar-refractivity contribution in [2.45, 2.75) is 123 Å². The minimum Gasteiger partial charge on any atom is -0.206 e. The third-order valence-electron chi connectivity index (χ3n) is 9.29. The van der Waals surface area contributed by atoms with E-state index in [-0.39, 0.29) is 11.4 Å². The maximum Gasteiger partial charge on any atom is 0.166 e. The molecule has 0 saturated heterocycles. The van der Waals surface area contributed by atoms with E-state index in [2.05, 4.69) is 19.9 Å². The van der Waals surface area contributed by atoms with Crippen molar-refractivity contribution in [3.63, 3.8) is 0 Å². The Balaban J connectivity index is 1.34. The molecule has 4 rings (SSSR count). The molecule has 0 spiro atoms. The Labute approximate surface area is 258 Å². The molecule has 3 aromatic rings. The van der Waals surface area contributed by atoms with Crippen molar-refractivity contribution in [2.24, 2.45) is 5.92 Å². The summed E-state index contributed by atoms with van der Waals surface area (Å²) in [5.74, 6) is -1.04.